The van der Waals surface area contributed by atoms with E-state index in [1.54, 1.807) is 25.3 Å². The summed E-state index contributed by atoms with van der Waals surface area (Å²) in [6.45, 7) is 6.72. The number of aromatic amines is 1. The van der Waals surface area contributed by atoms with Gasteiger partial charge in [-0.15, -0.1) is 10.2 Å². The molecule has 5 rings (SSSR count). The fourth-order valence-electron chi connectivity index (χ4n) is 4.60. The molecule has 5 aromatic rings. The summed E-state index contributed by atoms with van der Waals surface area (Å²) in [7, 11) is 0. The zero-order valence-corrected chi connectivity index (χ0v) is 23.2. The quantitative estimate of drug-likeness (QED) is 0.180. The van der Waals surface area contributed by atoms with Crippen LogP contribution in [0.3, 0.4) is 0 Å². The summed E-state index contributed by atoms with van der Waals surface area (Å²) in [6, 6.07) is 15.7. The van der Waals surface area contributed by atoms with Crippen molar-refractivity contribution < 1.29 is 23.5 Å². The summed E-state index contributed by atoms with van der Waals surface area (Å²) >= 11 is 0. The first-order valence-corrected chi connectivity index (χ1v) is 13.2. The molecule has 0 spiro atoms. The van der Waals surface area contributed by atoms with Crippen molar-refractivity contribution in [2.75, 3.05) is 0 Å². The van der Waals surface area contributed by atoms with Crippen molar-refractivity contribution in [2.45, 2.75) is 59.3 Å². The number of hydrogen-bond acceptors (Lipinski definition) is 10. The molecule has 0 aliphatic carbocycles. The van der Waals surface area contributed by atoms with Crippen molar-refractivity contribution in [2.24, 2.45) is 0 Å². The van der Waals surface area contributed by atoms with Crippen LogP contribution in [0.15, 0.2) is 62.2 Å². The van der Waals surface area contributed by atoms with E-state index in [0.717, 1.165) is 28.7 Å². The van der Waals surface area contributed by atoms with Crippen LogP contribution in [0.2, 0.25) is 0 Å². The van der Waals surface area contributed by atoms with Crippen LogP contribution in [0.5, 0.6) is 0 Å². The summed E-state index contributed by atoms with van der Waals surface area (Å²) in [5, 5.41) is 25.3. The van der Waals surface area contributed by atoms with Crippen LogP contribution in [-0.4, -0.2) is 79.0 Å². The molecule has 0 saturated carbocycles. The third kappa shape index (κ3) is 6.73. The Balaban J connectivity index is 0.00000405. The molecule has 3 heterocycles. The first-order chi connectivity index (χ1) is 19.7. The van der Waals surface area contributed by atoms with Crippen LogP contribution >= 0.6 is 0 Å². The molecule has 0 amide bonds. The number of ether oxygens (including phenoxy) is 1. The molecular weight excluding hydrogens is 568 g/mol. The zero-order chi connectivity index (χ0) is 29.1. The first-order valence-electron chi connectivity index (χ1n) is 13.2. The summed E-state index contributed by atoms with van der Waals surface area (Å²) in [4.78, 5) is 29.5. The van der Waals surface area contributed by atoms with E-state index in [-0.39, 0.29) is 67.3 Å². The van der Waals surface area contributed by atoms with Gasteiger partial charge in [0.05, 0.1) is 0 Å². The number of aryl methyl sites for hydroxylation is 2. The number of benzene rings is 2. The second-order valence-electron chi connectivity index (χ2n) is 10.1. The molecule has 0 saturated heterocycles. The number of hydrogen-bond donors (Lipinski definition) is 2. The Labute approximate surface area is 271 Å². The van der Waals surface area contributed by atoms with Gasteiger partial charge >= 0.3 is 49.5 Å². The van der Waals surface area contributed by atoms with Crippen molar-refractivity contribution in [3.63, 3.8) is 0 Å². The SMILES string of the molecule is CCCc1nc(C(C)(C)O)c(C(=O)OCc2oc(=O)oc2C)n1Cc1ccc(-c2ccccc2-c2nn[nH]n2)cc1.[CaH2]. The molecule has 12 nitrogen and oxygen atoms in total. The van der Waals surface area contributed by atoms with Crippen LogP contribution in [0, 0.1) is 6.92 Å². The third-order valence-corrected chi connectivity index (χ3v) is 6.58. The predicted molar refractivity (Wildman–Crippen MR) is 155 cm³/mol. The fraction of sp³-hybridized carbons (Fsp3) is 0.310. The molecule has 0 bridgehead atoms. The van der Waals surface area contributed by atoms with Crippen molar-refractivity contribution >= 4 is 43.7 Å². The Bertz CT molecular complexity index is 1710. The van der Waals surface area contributed by atoms with E-state index >= 15 is 0 Å². The number of tetrazole rings is 1. The van der Waals surface area contributed by atoms with Crippen LogP contribution in [0.4, 0.5) is 0 Å². The zero-order valence-electron chi connectivity index (χ0n) is 23.2. The summed E-state index contributed by atoms with van der Waals surface area (Å²) in [6.07, 6.45) is 1.37. The van der Waals surface area contributed by atoms with Gasteiger partial charge in [-0.25, -0.2) is 14.6 Å². The van der Waals surface area contributed by atoms with Crippen LogP contribution < -0.4 is 5.82 Å². The summed E-state index contributed by atoms with van der Waals surface area (Å²) in [5.74, 6) is -0.0831. The molecule has 3 aromatic heterocycles. The maximum atomic E-state index is 13.5. The minimum atomic E-state index is -1.41. The Morgan fingerprint density at radius 3 is 2.40 bits per heavy atom. The number of imidazole rings is 1. The number of esters is 1. The van der Waals surface area contributed by atoms with E-state index in [0.29, 0.717) is 24.6 Å². The second kappa shape index (κ2) is 13.2. The number of aromatic nitrogens is 6. The van der Waals surface area contributed by atoms with Crippen molar-refractivity contribution in [1.82, 2.24) is 30.2 Å². The van der Waals surface area contributed by atoms with E-state index in [1.165, 1.54) is 0 Å². The number of aliphatic hydroxyl groups is 1. The second-order valence-corrected chi connectivity index (χ2v) is 10.1. The number of H-pyrrole nitrogens is 1. The number of carbonyl (C=O) groups excluding carboxylic acids is 1. The van der Waals surface area contributed by atoms with Crippen LogP contribution in [-0.2, 0) is 29.9 Å². The molecule has 0 aliphatic heterocycles. The average molecular weight is 601 g/mol. The Kier molecular flexibility index (Phi) is 9.82. The van der Waals surface area contributed by atoms with Gasteiger partial charge in [0.2, 0.25) is 5.82 Å². The molecule has 0 unspecified atom stereocenters. The van der Waals surface area contributed by atoms with E-state index in [9.17, 15) is 14.7 Å². The molecule has 216 valence electrons. The molecule has 2 aromatic carbocycles. The molecule has 42 heavy (non-hydrogen) atoms. The first kappa shape index (κ1) is 31.4. The Morgan fingerprint density at radius 1 is 1.10 bits per heavy atom. The molecular formula is C29H32CaN6O6. The van der Waals surface area contributed by atoms with Crippen molar-refractivity contribution in [1.29, 1.82) is 0 Å². The summed E-state index contributed by atoms with van der Waals surface area (Å²) in [5.41, 5.74) is 2.60. The molecule has 13 heteroatoms. The average Bonchev–Trinajstić information content (AvgIpc) is 3.67. The van der Waals surface area contributed by atoms with E-state index in [1.807, 2.05) is 55.5 Å². The van der Waals surface area contributed by atoms with Gasteiger partial charge in [0.15, 0.2) is 23.8 Å². The maximum absolute atomic E-state index is 13.5. The van der Waals surface area contributed by atoms with Gasteiger partial charge < -0.3 is 23.2 Å². The van der Waals surface area contributed by atoms with E-state index < -0.39 is 17.4 Å². The third-order valence-electron chi connectivity index (χ3n) is 6.58. The van der Waals surface area contributed by atoms with Gasteiger partial charge in [0, 0.05) is 18.5 Å². The molecule has 2 N–H and O–H groups in total. The fourth-order valence-corrected chi connectivity index (χ4v) is 4.60. The normalized spacial score (nSPS) is 11.4. The van der Waals surface area contributed by atoms with Gasteiger partial charge in [-0.3, -0.25) is 0 Å². The molecule has 0 radical (unpaired) electrons. The summed E-state index contributed by atoms with van der Waals surface area (Å²) < 4.78 is 17.1. The Hall–Kier alpha value is -3.58. The molecule has 0 aliphatic rings. The number of rotatable bonds is 10. The topological polar surface area (TPSA) is 162 Å². The molecule has 0 fully saturated rings. The van der Waals surface area contributed by atoms with Crippen LogP contribution in [0.1, 0.15) is 66.3 Å². The monoisotopic (exact) mass is 600 g/mol. The minimum absolute atomic E-state index is 0. The van der Waals surface area contributed by atoms with E-state index in [4.69, 9.17) is 13.6 Å². The van der Waals surface area contributed by atoms with E-state index in [2.05, 4.69) is 25.6 Å². The molecule has 0 atom stereocenters. The van der Waals surface area contributed by atoms with Crippen molar-refractivity contribution in [3.8, 4) is 22.5 Å². The number of nitrogens with zero attached hydrogens (tertiary/aromatic N) is 5. The van der Waals surface area contributed by atoms with Gasteiger partial charge in [-0.05, 0) is 49.1 Å². The number of nitrogens with one attached hydrogen (secondary N) is 1. The predicted octanol–water partition coefficient (Wildman–Crippen LogP) is 3.25. The number of carbonyl (C=O) groups is 1. The van der Waals surface area contributed by atoms with Gasteiger partial charge in [0.1, 0.15) is 17.1 Å². The standard InChI is InChI=1S/C29H30N6O6.Ca.2H/c1-5-8-23-30-25(29(3,4)38)24(27(36)39-16-22-17(2)40-28(37)41-22)35(23)15-18-11-13-19(14-12-18)20-9-6-7-10-21(20)26-31-33-34-32-26;;;/h6-7,9-14,38H,5,8,15-16H2,1-4H3,(H,31,32,33,34);;;. The van der Waals surface area contributed by atoms with Gasteiger partial charge in [-0.1, -0.05) is 55.5 Å². The van der Waals surface area contributed by atoms with Crippen molar-refractivity contribution in [3.05, 3.63) is 93.4 Å². The van der Waals surface area contributed by atoms with Crippen LogP contribution in [0.25, 0.3) is 22.5 Å². The van der Waals surface area contributed by atoms with Gasteiger partial charge in [0.25, 0.3) is 0 Å². The van der Waals surface area contributed by atoms with Gasteiger partial charge in [-0.2, -0.15) is 5.21 Å². The Morgan fingerprint density at radius 2 is 1.81 bits per heavy atom.